The van der Waals surface area contributed by atoms with Crippen molar-refractivity contribution in [3.05, 3.63) is 23.3 Å². The first kappa shape index (κ1) is 16.1. The van der Waals surface area contributed by atoms with Crippen molar-refractivity contribution in [2.75, 3.05) is 12.3 Å². The third-order valence-corrected chi connectivity index (χ3v) is 8.29. The predicted molar refractivity (Wildman–Crippen MR) is 83.6 cm³/mol. The van der Waals surface area contributed by atoms with E-state index in [2.05, 4.69) is 43.8 Å². The van der Waals surface area contributed by atoms with Gasteiger partial charge in [0.25, 0.3) is 0 Å². The first-order valence-electron chi connectivity index (χ1n) is 6.21. The number of hydrogen-bond donors (Lipinski definition) is 1. The van der Waals surface area contributed by atoms with Crippen LogP contribution in [0.25, 0.3) is 6.08 Å². The Bertz CT molecular complexity index is 469. The maximum Gasteiger partial charge on any atom is 0.192 e. The maximum absolute atomic E-state index is 6.02. The predicted octanol–water partition coefficient (Wildman–Crippen LogP) is 3.75. The van der Waals surface area contributed by atoms with Gasteiger partial charge in [-0.3, -0.25) is 0 Å². The summed E-state index contributed by atoms with van der Waals surface area (Å²) in [4.78, 5) is 7.88. The van der Waals surface area contributed by atoms with E-state index in [0.717, 1.165) is 0 Å². The van der Waals surface area contributed by atoms with Crippen LogP contribution in [0.4, 0.5) is 5.69 Å². The van der Waals surface area contributed by atoms with E-state index in [1.165, 1.54) is 6.33 Å². The minimum Gasteiger partial charge on any atom is -0.413 e. The molecule has 0 aliphatic heterocycles. The van der Waals surface area contributed by atoms with Crippen molar-refractivity contribution in [3.8, 4) is 0 Å². The molecule has 1 aromatic rings. The van der Waals surface area contributed by atoms with E-state index in [4.69, 9.17) is 21.8 Å². The highest BCUT2D eigenvalue weighted by Gasteiger charge is 2.36. The lowest BCUT2D eigenvalue weighted by Crippen LogP contribution is -2.40. The quantitative estimate of drug-likeness (QED) is 0.679. The molecule has 0 fully saturated rings. The van der Waals surface area contributed by atoms with Crippen molar-refractivity contribution in [2.24, 2.45) is 0 Å². The van der Waals surface area contributed by atoms with Crippen LogP contribution >= 0.6 is 11.6 Å². The standard InChI is InChI=1S/C13H22ClN3OSi/c1-13(2,3)19(4,5)18-8-6-7-10-11(15)12(14)17-9-16-10/h6-7,9H,8,15H2,1-5H3/b7-6+. The zero-order valence-corrected chi connectivity index (χ0v) is 14.0. The molecule has 0 amide bonds. The van der Waals surface area contributed by atoms with Crippen LogP contribution < -0.4 is 5.73 Å². The molecule has 0 aliphatic rings. The Labute approximate surface area is 121 Å². The van der Waals surface area contributed by atoms with Gasteiger partial charge in [0, 0.05) is 0 Å². The van der Waals surface area contributed by atoms with Crippen molar-refractivity contribution in [2.45, 2.75) is 38.9 Å². The molecular weight excluding hydrogens is 278 g/mol. The average Bonchev–Trinajstić information content (AvgIpc) is 2.28. The number of aromatic nitrogens is 2. The highest BCUT2D eigenvalue weighted by Crippen LogP contribution is 2.36. The van der Waals surface area contributed by atoms with E-state index in [9.17, 15) is 0 Å². The molecule has 2 N–H and O–H groups in total. The van der Waals surface area contributed by atoms with Crippen LogP contribution in [-0.2, 0) is 4.43 Å². The molecule has 1 heterocycles. The smallest absolute Gasteiger partial charge is 0.192 e. The number of nitrogens with zero attached hydrogens (tertiary/aromatic N) is 2. The summed E-state index contributed by atoms with van der Waals surface area (Å²) < 4.78 is 6.02. The summed E-state index contributed by atoms with van der Waals surface area (Å²) >= 11 is 5.82. The van der Waals surface area contributed by atoms with Gasteiger partial charge in [-0.15, -0.1) is 0 Å². The number of anilines is 1. The lowest BCUT2D eigenvalue weighted by molar-refractivity contribution is 0.328. The topological polar surface area (TPSA) is 61.0 Å². The first-order chi connectivity index (χ1) is 8.65. The minimum absolute atomic E-state index is 0.206. The number of hydrogen-bond acceptors (Lipinski definition) is 4. The molecule has 0 saturated heterocycles. The van der Waals surface area contributed by atoms with Crippen LogP contribution in [0.2, 0.25) is 23.3 Å². The molecule has 6 heteroatoms. The number of halogens is 1. The maximum atomic E-state index is 6.02. The molecule has 0 aromatic carbocycles. The number of rotatable bonds is 4. The molecule has 0 unspecified atom stereocenters. The molecule has 106 valence electrons. The molecular formula is C13H22ClN3OSi. The average molecular weight is 300 g/mol. The summed E-state index contributed by atoms with van der Waals surface area (Å²) in [5.41, 5.74) is 6.80. The van der Waals surface area contributed by atoms with Gasteiger partial charge in [0.15, 0.2) is 13.5 Å². The Morgan fingerprint density at radius 1 is 1.37 bits per heavy atom. The normalized spacial score (nSPS) is 13.2. The fourth-order valence-corrected chi connectivity index (χ4v) is 2.24. The van der Waals surface area contributed by atoms with Crippen molar-refractivity contribution < 1.29 is 4.43 Å². The first-order valence-corrected chi connectivity index (χ1v) is 9.50. The third kappa shape index (κ3) is 4.30. The Hall–Kier alpha value is -0.913. The molecule has 0 bridgehead atoms. The summed E-state index contributed by atoms with van der Waals surface area (Å²) in [6, 6.07) is 0. The van der Waals surface area contributed by atoms with E-state index in [0.29, 0.717) is 18.0 Å². The van der Waals surface area contributed by atoms with Gasteiger partial charge in [0.1, 0.15) is 6.33 Å². The fraction of sp³-hybridized carbons (Fsp3) is 0.538. The van der Waals surface area contributed by atoms with E-state index >= 15 is 0 Å². The minimum atomic E-state index is -1.71. The highest BCUT2D eigenvalue weighted by atomic mass is 35.5. The van der Waals surface area contributed by atoms with Crippen LogP contribution in [0.1, 0.15) is 26.5 Å². The zero-order chi connectivity index (χ0) is 14.7. The Balaban J connectivity index is 2.63. The van der Waals surface area contributed by atoms with Crippen molar-refractivity contribution in [1.82, 2.24) is 9.97 Å². The molecule has 0 atom stereocenters. The monoisotopic (exact) mass is 299 g/mol. The summed E-state index contributed by atoms with van der Waals surface area (Å²) in [6.07, 6.45) is 5.12. The van der Waals surface area contributed by atoms with Gasteiger partial charge in [-0.1, -0.05) is 38.4 Å². The van der Waals surface area contributed by atoms with E-state index in [-0.39, 0.29) is 10.2 Å². The van der Waals surface area contributed by atoms with E-state index in [1.54, 1.807) is 0 Å². The van der Waals surface area contributed by atoms with E-state index in [1.807, 2.05) is 12.2 Å². The fourth-order valence-electron chi connectivity index (χ4n) is 1.15. The molecule has 0 spiro atoms. The molecule has 0 aliphatic carbocycles. The van der Waals surface area contributed by atoms with Crippen LogP contribution in [0, 0.1) is 0 Å². The van der Waals surface area contributed by atoms with Gasteiger partial charge in [-0.05, 0) is 24.2 Å². The van der Waals surface area contributed by atoms with Crippen molar-refractivity contribution in [3.63, 3.8) is 0 Å². The summed E-state index contributed by atoms with van der Waals surface area (Å²) in [7, 11) is -1.71. The summed E-state index contributed by atoms with van der Waals surface area (Å²) in [5, 5.41) is 0.484. The molecule has 19 heavy (non-hydrogen) atoms. The Morgan fingerprint density at radius 3 is 2.58 bits per heavy atom. The molecule has 4 nitrogen and oxygen atoms in total. The second kappa shape index (κ2) is 6.03. The zero-order valence-electron chi connectivity index (χ0n) is 12.2. The second-order valence-electron chi connectivity index (χ2n) is 5.94. The van der Waals surface area contributed by atoms with Gasteiger partial charge in [0.05, 0.1) is 18.0 Å². The van der Waals surface area contributed by atoms with Crippen LogP contribution in [0.5, 0.6) is 0 Å². The van der Waals surface area contributed by atoms with Crippen LogP contribution in [-0.4, -0.2) is 24.9 Å². The van der Waals surface area contributed by atoms with Gasteiger partial charge in [-0.2, -0.15) is 0 Å². The van der Waals surface area contributed by atoms with Crippen molar-refractivity contribution in [1.29, 1.82) is 0 Å². The molecule has 1 rings (SSSR count). The summed E-state index contributed by atoms with van der Waals surface area (Å²) in [5.74, 6) is 0. The van der Waals surface area contributed by atoms with Crippen LogP contribution in [0.3, 0.4) is 0 Å². The van der Waals surface area contributed by atoms with Crippen molar-refractivity contribution >= 4 is 31.7 Å². The van der Waals surface area contributed by atoms with Gasteiger partial charge >= 0.3 is 0 Å². The Kier molecular flexibility index (Phi) is 5.12. The van der Waals surface area contributed by atoms with E-state index < -0.39 is 8.32 Å². The lowest BCUT2D eigenvalue weighted by Gasteiger charge is -2.35. The lowest BCUT2D eigenvalue weighted by atomic mass is 10.2. The molecule has 1 aromatic heterocycles. The Morgan fingerprint density at radius 2 is 2.00 bits per heavy atom. The largest absolute Gasteiger partial charge is 0.413 e. The third-order valence-electron chi connectivity index (χ3n) is 3.49. The summed E-state index contributed by atoms with van der Waals surface area (Å²) in [6.45, 7) is 11.6. The van der Waals surface area contributed by atoms with Crippen LogP contribution in [0.15, 0.2) is 12.4 Å². The molecule has 0 radical (unpaired) electrons. The number of nitrogen functional groups attached to an aromatic ring is 1. The SMILES string of the molecule is CC(C)(C)[Si](C)(C)OC/C=C/c1ncnc(Cl)c1N. The number of nitrogens with two attached hydrogens (primary N) is 1. The second-order valence-corrected chi connectivity index (χ2v) is 11.1. The van der Waals surface area contributed by atoms with Gasteiger partial charge in [0.2, 0.25) is 0 Å². The van der Waals surface area contributed by atoms with Gasteiger partial charge in [-0.25, -0.2) is 9.97 Å². The van der Waals surface area contributed by atoms with Gasteiger partial charge < -0.3 is 10.2 Å². The molecule has 0 saturated carbocycles. The highest BCUT2D eigenvalue weighted by molar-refractivity contribution is 6.74.